The van der Waals surface area contributed by atoms with E-state index in [2.05, 4.69) is 15.1 Å². The molecule has 8 heteroatoms. The fourth-order valence-corrected chi connectivity index (χ4v) is 2.74. The largest absolute Gasteiger partial charge is 0.433 e. The Balaban J connectivity index is 2.22. The highest BCUT2D eigenvalue weighted by Gasteiger charge is 2.34. The number of aryl methyl sites for hydroxylation is 2. The number of hydrogen-bond donors (Lipinski definition) is 0. The van der Waals surface area contributed by atoms with Crippen molar-refractivity contribution in [3.05, 3.63) is 46.7 Å². The molecule has 0 aliphatic heterocycles. The van der Waals surface area contributed by atoms with E-state index in [-0.39, 0.29) is 11.6 Å². The summed E-state index contributed by atoms with van der Waals surface area (Å²) in [5.74, 6) is -0.0798. The van der Waals surface area contributed by atoms with Gasteiger partial charge in [-0.2, -0.15) is 18.3 Å². The third-order valence-corrected chi connectivity index (χ3v) is 3.87. The first-order valence-electron chi connectivity index (χ1n) is 6.38. The quantitative estimate of drug-likeness (QED) is 0.715. The van der Waals surface area contributed by atoms with Gasteiger partial charge in [0, 0.05) is 5.69 Å². The van der Waals surface area contributed by atoms with Crippen LogP contribution in [0.4, 0.5) is 13.2 Å². The Morgan fingerprint density at radius 2 is 1.91 bits per heavy atom. The van der Waals surface area contributed by atoms with E-state index in [0.29, 0.717) is 16.3 Å². The minimum Gasteiger partial charge on any atom is -0.210 e. The molecule has 4 nitrogen and oxygen atoms in total. The van der Waals surface area contributed by atoms with Crippen molar-refractivity contribution in [2.45, 2.75) is 20.0 Å². The highest BCUT2D eigenvalue weighted by atomic mass is 32.1. The van der Waals surface area contributed by atoms with Crippen LogP contribution < -0.4 is 0 Å². The van der Waals surface area contributed by atoms with Gasteiger partial charge < -0.3 is 0 Å². The SMILES string of the molecule is Cc1cc(C)n(-c2nc(-c3cccs3)cc(C(F)(F)F)n2)n1. The molecule has 0 aromatic carbocycles. The normalized spacial score (nSPS) is 11.9. The molecular formula is C14H11F3N4S. The first-order chi connectivity index (χ1) is 10.3. The maximum absolute atomic E-state index is 13.1. The average Bonchev–Trinajstić information content (AvgIpc) is 3.07. The fraction of sp³-hybridized carbons (Fsp3) is 0.214. The van der Waals surface area contributed by atoms with Crippen molar-refractivity contribution >= 4 is 11.3 Å². The Bertz CT molecular complexity index is 806. The molecule has 0 bridgehead atoms. The van der Waals surface area contributed by atoms with Gasteiger partial charge in [0.05, 0.1) is 16.3 Å². The van der Waals surface area contributed by atoms with E-state index in [4.69, 9.17) is 0 Å². The van der Waals surface area contributed by atoms with Crippen LogP contribution in [-0.2, 0) is 6.18 Å². The second-order valence-corrected chi connectivity index (χ2v) is 5.70. The number of aromatic nitrogens is 4. The van der Waals surface area contributed by atoms with Gasteiger partial charge in [0.1, 0.15) is 0 Å². The lowest BCUT2D eigenvalue weighted by atomic mass is 10.3. The van der Waals surface area contributed by atoms with E-state index < -0.39 is 11.9 Å². The summed E-state index contributed by atoms with van der Waals surface area (Å²) < 4.78 is 40.6. The molecule has 22 heavy (non-hydrogen) atoms. The molecule has 0 atom stereocenters. The Kier molecular flexibility index (Phi) is 3.48. The Morgan fingerprint density at radius 3 is 2.45 bits per heavy atom. The molecule has 0 unspecified atom stereocenters. The molecule has 0 aliphatic carbocycles. The van der Waals surface area contributed by atoms with Gasteiger partial charge in [-0.3, -0.25) is 0 Å². The van der Waals surface area contributed by atoms with Crippen molar-refractivity contribution in [3.8, 4) is 16.5 Å². The molecule has 3 aromatic rings. The maximum atomic E-state index is 13.1. The van der Waals surface area contributed by atoms with Crippen LogP contribution in [0.3, 0.4) is 0 Å². The predicted octanol–water partition coefficient (Wildman–Crippen LogP) is 4.03. The maximum Gasteiger partial charge on any atom is 0.433 e. The molecule has 3 rings (SSSR count). The van der Waals surface area contributed by atoms with Crippen molar-refractivity contribution in [3.63, 3.8) is 0 Å². The second kappa shape index (κ2) is 5.20. The lowest BCUT2D eigenvalue weighted by molar-refractivity contribution is -0.141. The van der Waals surface area contributed by atoms with Gasteiger partial charge in [0.25, 0.3) is 5.95 Å². The highest BCUT2D eigenvalue weighted by Crippen LogP contribution is 2.32. The van der Waals surface area contributed by atoms with Gasteiger partial charge in [-0.1, -0.05) is 6.07 Å². The minimum absolute atomic E-state index is 0.0798. The molecule has 114 valence electrons. The van der Waals surface area contributed by atoms with Crippen LogP contribution in [0.15, 0.2) is 29.6 Å². The third kappa shape index (κ3) is 2.74. The topological polar surface area (TPSA) is 43.6 Å². The first kappa shape index (κ1) is 14.7. The predicted molar refractivity (Wildman–Crippen MR) is 76.9 cm³/mol. The van der Waals surface area contributed by atoms with E-state index in [1.54, 1.807) is 37.4 Å². The third-order valence-electron chi connectivity index (χ3n) is 2.98. The first-order valence-corrected chi connectivity index (χ1v) is 7.26. The lowest BCUT2D eigenvalue weighted by Gasteiger charge is -2.10. The van der Waals surface area contributed by atoms with E-state index in [9.17, 15) is 13.2 Å². The molecular weight excluding hydrogens is 313 g/mol. The molecule has 3 heterocycles. The molecule has 0 saturated carbocycles. The number of nitrogens with zero attached hydrogens (tertiary/aromatic N) is 4. The summed E-state index contributed by atoms with van der Waals surface area (Å²) in [4.78, 5) is 8.51. The van der Waals surface area contributed by atoms with Gasteiger partial charge >= 0.3 is 6.18 Å². The number of halogens is 3. The summed E-state index contributed by atoms with van der Waals surface area (Å²) in [6.45, 7) is 3.51. The van der Waals surface area contributed by atoms with E-state index in [1.807, 2.05) is 0 Å². The van der Waals surface area contributed by atoms with Crippen molar-refractivity contribution in [2.24, 2.45) is 0 Å². The minimum atomic E-state index is -4.54. The Labute approximate surface area is 128 Å². The molecule has 0 saturated heterocycles. The van der Waals surface area contributed by atoms with E-state index >= 15 is 0 Å². The van der Waals surface area contributed by atoms with E-state index in [0.717, 1.165) is 6.07 Å². The van der Waals surface area contributed by atoms with Crippen molar-refractivity contribution in [1.82, 2.24) is 19.7 Å². The van der Waals surface area contributed by atoms with Gasteiger partial charge in [-0.05, 0) is 37.4 Å². The van der Waals surface area contributed by atoms with Crippen molar-refractivity contribution in [2.75, 3.05) is 0 Å². The molecule has 0 fully saturated rings. The number of thiophene rings is 1. The van der Waals surface area contributed by atoms with Crippen LogP contribution in [0.25, 0.3) is 16.5 Å². The summed E-state index contributed by atoms with van der Waals surface area (Å²) in [6, 6.07) is 6.20. The summed E-state index contributed by atoms with van der Waals surface area (Å²) in [5, 5.41) is 5.94. The van der Waals surface area contributed by atoms with Gasteiger partial charge in [-0.15, -0.1) is 11.3 Å². The standard InChI is InChI=1S/C14H11F3N4S/c1-8-6-9(2)21(20-8)13-18-10(11-4-3-5-22-11)7-12(19-13)14(15,16)17/h3-7H,1-2H3. The smallest absolute Gasteiger partial charge is 0.210 e. The monoisotopic (exact) mass is 324 g/mol. The fourth-order valence-electron chi connectivity index (χ4n) is 2.06. The van der Waals surface area contributed by atoms with Crippen LogP contribution in [0.5, 0.6) is 0 Å². The van der Waals surface area contributed by atoms with Crippen LogP contribution in [0.2, 0.25) is 0 Å². The van der Waals surface area contributed by atoms with Gasteiger partial charge in [-0.25, -0.2) is 14.6 Å². The highest BCUT2D eigenvalue weighted by molar-refractivity contribution is 7.13. The summed E-state index contributed by atoms with van der Waals surface area (Å²) >= 11 is 1.32. The van der Waals surface area contributed by atoms with Crippen LogP contribution in [0.1, 0.15) is 17.1 Å². The molecule has 0 amide bonds. The van der Waals surface area contributed by atoms with Gasteiger partial charge in [0.2, 0.25) is 0 Å². The number of alkyl halides is 3. The van der Waals surface area contributed by atoms with Crippen LogP contribution in [-0.4, -0.2) is 19.7 Å². The molecule has 0 aliphatic rings. The number of rotatable bonds is 2. The van der Waals surface area contributed by atoms with Gasteiger partial charge in [0.15, 0.2) is 5.69 Å². The van der Waals surface area contributed by atoms with Crippen LogP contribution >= 0.6 is 11.3 Å². The van der Waals surface area contributed by atoms with Crippen molar-refractivity contribution < 1.29 is 13.2 Å². The number of hydrogen-bond acceptors (Lipinski definition) is 4. The lowest BCUT2D eigenvalue weighted by Crippen LogP contribution is -2.14. The second-order valence-electron chi connectivity index (χ2n) is 4.75. The summed E-state index contributed by atoms with van der Waals surface area (Å²) in [5.41, 5.74) is 0.624. The zero-order valence-electron chi connectivity index (χ0n) is 11.7. The summed E-state index contributed by atoms with van der Waals surface area (Å²) in [6.07, 6.45) is -4.54. The van der Waals surface area contributed by atoms with Crippen molar-refractivity contribution in [1.29, 1.82) is 0 Å². The summed E-state index contributed by atoms with van der Waals surface area (Å²) in [7, 11) is 0. The molecule has 3 aromatic heterocycles. The zero-order chi connectivity index (χ0) is 15.9. The van der Waals surface area contributed by atoms with E-state index in [1.165, 1.54) is 16.0 Å². The zero-order valence-corrected chi connectivity index (χ0v) is 12.5. The molecule has 0 N–H and O–H groups in total. The molecule has 0 radical (unpaired) electrons. The molecule has 0 spiro atoms. The average molecular weight is 324 g/mol. The van der Waals surface area contributed by atoms with Crippen LogP contribution in [0, 0.1) is 13.8 Å². The Hall–Kier alpha value is -2.22. The Morgan fingerprint density at radius 1 is 1.14 bits per heavy atom.